The number of rotatable bonds is 8. The van der Waals surface area contributed by atoms with Crippen molar-refractivity contribution in [3.63, 3.8) is 0 Å². The van der Waals surface area contributed by atoms with Gasteiger partial charge in [0.25, 0.3) is 5.91 Å². The highest BCUT2D eigenvalue weighted by atomic mass is 19.1. The number of methoxy groups -OCH3 is 1. The fourth-order valence-corrected chi connectivity index (χ4v) is 3.00. The topological polar surface area (TPSA) is 47.6 Å². The largest absolute Gasteiger partial charge is 0.496 e. The zero-order chi connectivity index (χ0) is 20.6. The van der Waals surface area contributed by atoms with Gasteiger partial charge in [0.1, 0.15) is 11.6 Å². The average Bonchev–Trinajstić information content (AvgIpc) is 2.74. The van der Waals surface area contributed by atoms with Crippen molar-refractivity contribution in [1.82, 2.24) is 5.32 Å². The number of hydrogen-bond acceptors (Lipinski definition) is 3. The molecule has 0 saturated heterocycles. The van der Waals surface area contributed by atoms with Crippen molar-refractivity contribution in [2.24, 2.45) is 0 Å². The maximum Gasteiger partial charge on any atom is 0.251 e. The molecule has 0 aromatic heterocycles. The molecule has 1 atom stereocenters. The summed E-state index contributed by atoms with van der Waals surface area (Å²) in [5.41, 5.74) is 3.22. The van der Waals surface area contributed by atoms with Crippen LogP contribution in [-0.2, 0) is 18.0 Å². The van der Waals surface area contributed by atoms with Crippen LogP contribution in [0.25, 0.3) is 0 Å². The van der Waals surface area contributed by atoms with Crippen LogP contribution in [0.3, 0.4) is 0 Å². The van der Waals surface area contributed by atoms with Gasteiger partial charge in [-0.3, -0.25) is 4.79 Å². The Morgan fingerprint density at radius 2 is 1.72 bits per heavy atom. The van der Waals surface area contributed by atoms with Crippen molar-refractivity contribution in [2.45, 2.75) is 26.2 Å². The molecule has 1 N–H and O–H groups in total. The summed E-state index contributed by atoms with van der Waals surface area (Å²) in [6.07, 6.45) is 0. The monoisotopic (exact) mass is 393 g/mol. The maximum atomic E-state index is 13.1. The Balaban J connectivity index is 1.66. The lowest BCUT2D eigenvalue weighted by Gasteiger charge is -2.16. The van der Waals surface area contributed by atoms with Gasteiger partial charge in [-0.2, -0.15) is 0 Å². The average molecular weight is 393 g/mol. The van der Waals surface area contributed by atoms with E-state index in [1.54, 1.807) is 37.4 Å². The molecular formula is C24H24FNO3. The van der Waals surface area contributed by atoms with Crippen molar-refractivity contribution >= 4 is 5.91 Å². The molecule has 0 spiro atoms. The summed E-state index contributed by atoms with van der Waals surface area (Å²) < 4.78 is 24.3. The molecule has 3 aromatic rings. The second-order valence-corrected chi connectivity index (χ2v) is 6.75. The molecule has 0 aliphatic carbocycles. The molecule has 3 aromatic carbocycles. The summed E-state index contributed by atoms with van der Waals surface area (Å²) in [6, 6.07) is 21.0. The lowest BCUT2D eigenvalue weighted by Crippen LogP contribution is -2.26. The van der Waals surface area contributed by atoms with Crippen LogP contribution in [0.15, 0.2) is 72.8 Å². The van der Waals surface area contributed by atoms with Gasteiger partial charge >= 0.3 is 0 Å². The van der Waals surface area contributed by atoms with Crippen molar-refractivity contribution in [1.29, 1.82) is 0 Å². The van der Waals surface area contributed by atoms with E-state index in [0.29, 0.717) is 24.5 Å². The van der Waals surface area contributed by atoms with Gasteiger partial charge < -0.3 is 14.8 Å². The highest BCUT2D eigenvalue weighted by molar-refractivity contribution is 5.94. The molecule has 3 rings (SSSR count). The number of hydrogen-bond donors (Lipinski definition) is 1. The minimum absolute atomic E-state index is 0.214. The molecule has 5 heteroatoms. The van der Waals surface area contributed by atoms with Crippen LogP contribution in [0.4, 0.5) is 4.39 Å². The first kappa shape index (κ1) is 20.6. The number of carbonyl (C=O) groups is 1. The number of nitrogens with one attached hydrogen (secondary N) is 1. The predicted octanol–water partition coefficient (Wildman–Crippen LogP) is 5.04. The Morgan fingerprint density at radius 3 is 2.41 bits per heavy atom. The van der Waals surface area contributed by atoms with E-state index in [-0.39, 0.29) is 17.8 Å². The molecule has 0 aliphatic heterocycles. The minimum Gasteiger partial charge on any atom is -0.496 e. The molecule has 0 unspecified atom stereocenters. The Hall–Kier alpha value is -3.18. The fourth-order valence-electron chi connectivity index (χ4n) is 3.00. The van der Waals surface area contributed by atoms with Gasteiger partial charge in [-0.15, -0.1) is 0 Å². The van der Waals surface area contributed by atoms with Crippen LogP contribution in [0, 0.1) is 5.82 Å². The lowest BCUT2D eigenvalue weighted by molar-refractivity contribution is 0.0937. The first-order valence-electron chi connectivity index (χ1n) is 9.41. The van der Waals surface area contributed by atoms with Crippen LogP contribution in [0.2, 0.25) is 0 Å². The number of halogens is 1. The van der Waals surface area contributed by atoms with Crippen molar-refractivity contribution in [3.8, 4) is 5.75 Å². The van der Waals surface area contributed by atoms with E-state index < -0.39 is 0 Å². The van der Waals surface area contributed by atoms with Crippen molar-refractivity contribution in [2.75, 3.05) is 7.11 Å². The van der Waals surface area contributed by atoms with Gasteiger partial charge in [-0.1, -0.05) is 42.5 Å². The summed E-state index contributed by atoms with van der Waals surface area (Å²) in [5.74, 6) is 0.151. The Morgan fingerprint density at radius 1 is 1.00 bits per heavy atom. The van der Waals surface area contributed by atoms with Gasteiger partial charge in [0.2, 0.25) is 0 Å². The first-order chi connectivity index (χ1) is 14.1. The molecular weight excluding hydrogens is 369 g/mol. The Kier molecular flexibility index (Phi) is 6.98. The third-order valence-electron chi connectivity index (χ3n) is 4.63. The Bertz CT molecular complexity index is 942. The second-order valence-electron chi connectivity index (χ2n) is 6.75. The molecule has 0 saturated carbocycles. The molecule has 0 aliphatic rings. The SMILES string of the molecule is COc1ccc(C(=O)N[C@@H](C)c2ccc(F)cc2)cc1COCc1ccccc1. The van der Waals surface area contributed by atoms with E-state index in [4.69, 9.17) is 9.47 Å². The molecule has 4 nitrogen and oxygen atoms in total. The molecule has 1 amide bonds. The smallest absolute Gasteiger partial charge is 0.251 e. The van der Waals surface area contributed by atoms with E-state index in [2.05, 4.69) is 5.32 Å². The van der Waals surface area contributed by atoms with Crippen LogP contribution >= 0.6 is 0 Å². The van der Waals surface area contributed by atoms with Crippen LogP contribution in [-0.4, -0.2) is 13.0 Å². The van der Waals surface area contributed by atoms with Crippen molar-refractivity contribution < 1.29 is 18.7 Å². The summed E-state index contributed by atoms with van der Waals surface area (Å²) in [4.78, 5) is 12.7. The van der Waals surface area contributed by atoms with Crippen LogP contribution in [0.5, 0.6) is 5.75 Å². The molecule has 0 heterocycles. The third kappa shape index (κ3) is 5.65. The van der Waals surface area contributed by atoms with Crippen molar-refractivity contribution in [3.05, 3.63) is 101 Å². The second kappa shape index (κ2) is 9.85. The lowest BCUT2D eigenvalue weighted by atomic mass is 10.1. The standard InChI is InChI=1S/C24H24FNO3/c1-17(19-8-11-22(25)12-9-19)26-24(27)20-10-13-23(28-2)21(14-20)16-29-15-18-6-4-3-5-7-18/h3-14,17H,15-16H2,1-2H3,(H,26,27)/t17-/m0/s1. The molecule has 0 bridgehead atoms. The van der Waals surface area contributed by atoms with E-state index in [0.717, 1.165) is 16.7 Å². The molecule has 150 valence electrons. The third-order valence-corrected chi connectivity index (χ3v) is 4.63. The highest BCUT2D eigenvalue weighted by Crippen LogP contribution is 2.22. The van der Waals surface area contributed by atoms with Crippen LogP contribution in [0.1, 0.15) is 40.0 Å². The van der Waals surface area contributed by atoms with E-state index in [1.807, 2.05) is 37.3 Å². The number of amides is 1. The zero-order valence-electron chi connectivity index (χ0n) is 16.5. The normalized spacial score (nSPS) is 11.7. The van der Waals surface area contributed by atoms with Gasteiger partial charge in [0.15, 0.2) is 0 Å². The quantitative estimate of drug-likeness (QED) is 0.583. The van der Waals surface area contributed by atoms with Gasteiger partial charge in [-0.25, -0.2) is 4.39 Å². The summed E-state index contributed by atoms with van der Waals surface area (Å²) >= 11 is 0. The van der Waals surface area contributed by atoms with E-state index in [9.17, 15) is 9.18 Å². The Labute approximate surface area is 170 Å². The predicted molar refractivity (Wildman–Crippen MR) is 110 cm³/mol. The summed E-state index contributed by atoms with van der Waals surface area (Å²) in [6.45, 7) is 2.66. The zero-order valence-corrected chi connectivity index (χ0v) is 16.5. The van der Waals surface area contributed by atoms with Gasteiger partial charge in [0.05, 0.1) is 26.4 Å². The van der Waals surface area contributed by atoms with Gasteiger partial charge in [0, 0.05) is 11.1 Å². The number of ether oxygens (including phenoxy) is 2. The van der Waals surface area contributed by atoms with E-state index in [1.165, 1.54) is 12.1 Å². The molecule has 0 radical (unpaired) electrons. The minimum atomic E-state index is -0.303. The maximum absolute atomic E-state index is 13.1. The number of benzene rings is 3. The molecule has 29 heavy (non-hydrogen) atoms. The first-order valence-corrected chi connectivity index (χ1v) is 9.41. The highest BCUT2D eigenvalue weighted by Gasteiger charge is 2.14. The van der Waals surface area contributed by atoms with Crippen LogP contribution < -0.4 is 10.1 Å². The summed E-state index contributed by atoms with van der Waals surface area (Å²) in [7, 11) is 1.59. The number of carbonyl (C=O) groups excluding carboxylic acids is 1. The molecule has 0 fully saturated rings. The fraction of sp³-hybridized carbons (Fsp3) is 0.208. The summed E-state index contributed by atoms with van der Waals surface area (Å²) in [5, 5.41) is 2.94. The van der Waals surface area contributed by atoms with E-state index >= 15 is 0 Å². The van der Waals surface area contributed by atoms with Gasteiger partial charge in [-0.05, 0) is 48.4 Å².